The summed E-state index contributed by atoms with van der Waals surface area (Å²) >= 11 is 4.26. The molecular formula is C16H12BrF4NOS. The fraction of sp³-hybridized carbons (Fsp3) is 0.188. The molecule has 0 aliphatic carbocycles. The maximum atomic E-state index is 13.6. The van der Waals surface area contributed by atoms with Gasteiger partial charge in [-0.05, 0) is 29.8 Å². The minimum absolute atomic E-state index is 0.0817. The van der Waals surface area contributed by atoms with Gasteiger partial charge in [0, 0.05) is 10.2 Å². The summed E-state index contributed by atoms with van der Waals surface area (Å²) in [5.74, 6) is -0.816. The van der Waals surface area contributed by atoms with Crippen LogP contribution in [0.4, 0.5) is 23.2 Å². The van der Waals surface area contributed by atoms with Crippen LogP contribution >= 0.6 is 27.7 Å². The Bertz CT molecular complexity index is 736. The first-order chi connectivity index (χ1) is 11.3. The molecule has 0 bridgehead atoms. The first kappa shape index (κ1) is 18.8. The average molecular weight is 422 g/mol. The van der Waals surface area contributed by atoms with Crippen LogP contribution in [-0.2, 0) is 16.7 Å². The second-order valence-electron chi connectivity index (χ2n) is 4.82. The van der Waals surface area contributed by atoms with E-state index in [-0.39, 0.29) is 17.2 Å². The van der Waals surface area contributed by atoms with Gasteiger partial charge < -0.3 is 5.32 Å². The van der Waals surface area contributed by atoms with Crippen LogP contribution in [0.15, 0.2) is 46.9 Å². The number of alkyl halides is 3. The van der Waals surface area contributed by atoms with Crippen LogP contribution in [0.1, 0.15) is 11.1 Å². The topological polar surface area (TPSA) is 29.1 Å². The number of halogens is 5. The number of anilines is 1. The van der Waals surface area contributed by atoms with Gasteiger partial charge in [-0.15, -0.1) is 11.8 Å². The molecule has 0 radical (unpaired) electrons. The molecular weight excluding hydrogens is 410 g/mol. The number of rotatable bonds is 5. The van der Waals surface area contributed by atoms with Crippen molar-refractivity contribution in [2.24, 2.45) is 0 Å². The fourth-order valence-electron chi connectivity index (χ4n) is 1.92. The number of benzene rings is 2. The van der Waals surface area contributed by atoms with E-state index in [0.29, 0.717) is 10.0 Å². The molecule has 2 nitrogen and oxygen atoms in total. The van der Waals surface area contributed by atoms with E-state index in [9.17, 15) is 22.4 Å². The van der Waals surface area contributed by atoms with Crippen molar-refractivity contribution in [3.8, 4) is 0 Å². The van der Waals surface area contributed by atoms with Crippen molar-refractivity contribution in [3.05, 3.63) is 63.9 Å². The molecule has 8 heteroatoms. The van der Waals surface area contributed by atoms with Crippen LogP contribution in [0.25, 0.3) is 0 Å². The zero-order valence-corrected chi connectivity index (χ0v) is 14.6. The molecule has 128 valence electrons. The van der Waals surface area contributed by atoms with E-state index in [1.165, 1.54) is 24.3 Å². The normalized spacial score (nSPS) is 11.4. The van der Waals surface area contributed by atoms with Crippen molar-refractivity contribution in [3.63, 3.8) is 0 Å². The minimum Gasteiger partial charge on any atom is -0.325 e. The third-order valence-electron chi connectivity index (χ3n) is 3.01. The summed E-state index contributed by atoms with van der Waals surface area (Å²) in [6.45, 7) is 0. The molecule has 0 unspecified atom stereocenters. The number of carbonyl (C=O) groups excluding carboxylic acids is 1. The number of hydrogen-bond donors (Lipinski definition) is 1. The zero-order chi connectivity index (χ0) is 17.7. The highest BCUT2D eigenvalue weighted by molar-refractivity contribution is 9.10. The summed E-state index contributed by atoms with van der Waals surface area (Å²) in [4.78, 5) is 11.8. The smallest absolute Gasteiger partial charge is 0.325 e. The van der Waals surface area contributed by atoms with Crippen molar-refractivity contribution in [1.82, 2.24) is 0 Å². The van der Waals surface area contributed by atoms with Gasteiger partial charge in [0.1, 0.15) is 5.82 Å². The first-order valence-corrected chi connectivity index (χ1v) is 8.70. The van der Waals surface area contributed by atoms with E-state index in [0.717, 1.165) is 17.8 Å². The van der Waals surface area contributed by atoms with E-state index >= 15 is 0 Å². The molecule has 2 aromatic carbocycles. The Hall–Kier alpha value is -1.54. The quantitative estimate of drug-likeness (QED) is 0.647. The van der Waals surface area contributed by atoms with Crippen LogP contribution in [0.2, 0.25) is 0 Å². The lowest BCUT2D eigenvalue weighted by molar-refractivity contribution is -0.137. The van der Waals surface area contributed by atoms with Gasteiger partial charge in [-0.1, -0.05) is 34.1 Å². The molecule has 2 aromatic rings. The summed E-state index contributed by atoms with van der Waals surface area (Å²) in [5.41, 5.74) is -0.764. The lowest BCUT2D eigenvalue weighted by atomic mass is 10.1. The Morgan fingerprint density at radius 1 is 1.17 bits per heavy atom. The van der Waals surface area contributed by atoms with Gasteiger partial charge in [0.25, 0.3) is 0 Å². The highest BCUT2D eigenvalue weighted by Crippen LogP contribution is 2.34. The molecule has 1 N–H and O–H groups in total. The number of nitrogens with one attached hydrogen (secondary N) is 1. The molecule has 0 saturated heterocycles. The highest BCUT2D eigenvalue weighted by atomic mass is 79.9. The fourth-order valence-corrected chi connectivity index (χ4v) is 3.06. The van der Waals surface area contributed by atoms with E-state index in [2.05, 4.69) is 21.2 Å². The zero-order valence-electron chi connectivity index (χ0n) is 12.2. The van der Waals surface area contributed by atoms with Gasteiger partial charge >= 0.3 is 6.18 Å². The Labute approximate surface area is 148 Å². The Morgan fingerprint density at radius 3 is 2.54 bits per heavy atom. The van der Waals surface area contributed by atoms with Crippen LogP contribution in [-0.4, -0.2) is 11.7 Å². The summed E-state index contributed by atoms with van der Waals surface area (Å²) in [6, 6.07) is 9.34. The van der Waals surface area contributed by atoms with Crippen molar-refractivity contribution < 1.29 is 22.4 Å². The SMILES string of the molecule is O=C(CSCc1ccc(Br)cc1F)Nc1ccccc1C(F)(F)F. The molecule has 0 atom stereocenters. The molecule has 1 amide bonds. The molecule has 0 heterocycles. The highest BCUT2D eigenvalue weighted by Gasteiger charge is 2.33. The Balaban J connectivity index is 1.93. The van der Waals surface area contributed by atoms with Gasteiger partial charge in [0.15, 0.2) is 0 Å². The van der Waals surface area contributed by atoms with Crippen molar-refractivity contribution >= 4 is 39.3 Å². The van der Waals surface area contributed by atoms with Gasteiger partial charge in [0.2, 0.25) is 5.91 Å². The molecule has 0 aliphatic heterocycles. The van der Waals surface area contributed by atoms with E-state index in [4.69, 9.17) is 0 Å². The second-order valence-corrected chi connectivity index (χ2v) is 6.72. The third-order valence-corrected chi connectivity index (χ3v) is 4.49. The summed E-state index contributed by atoms with van der Waals surface area (Å²) in [7, 11) is 0. The number of carbonyl (C=O) groups is 1. The monoisotopic (exact) mass is 421 g/mol. The number of thioether (sulfide) groups is 1. The number of amides is 1. The molecule has 0 aromatic heterocycles. The summed E-state index contributed by atoms with van der Waals surface area (Å²) < 4.78 is 52.8. The van der Waals surface area contributed by atoms with Crippen molar-refractivity contribution in [2.45, 2.75) is 11.9 Å². The summed E-state index contributed by atoms with van der Waals surface area (Å²) in [6.07, 6.45) is -4.54. The predicted octanol–water partition coefficient (Wildman–Crippen LogP) is 5.48. The van der Waals surface area contributed by atoms with Crippen LogP contribution in [0.3, 0.4) is 0 Å². The Kier molecular flexibility index (Phi) is 6.28. The van der Waals surface area contributed by atoms with E-state index < -0.39 is 23.5 Å². The van der Waals surface area contributed by atoms with E-state index in [1.54, 1.807) is 12.1 Å². The largest absolute Gasteiger partial charge is 0.418 e. The van der Waals surface area contributed by atoms with Crippen molar-refractivity contribution in [1.29, 1.82) is 0 Å². The molecule has 0 aliphatic rings. The third kappa shape index (κ3) is 5.24. The Morgan fingerprint density at radius 2 is 1.88 bits per heavy atom. The predicted molar refractivity (Wildman–Crippen MR) is 90.3 cm³/mol. The molecule has 0 fully saturated rings. The van der Waals surface area contributed by atoms with Gasteiger partial charge in [-0.25, -0.2) is 4.39 Å². The number of para-hydroxylation sites is 1. The average Bonchev–Trinajstić information content (AvgIpc) is 2.49. The van der Waals surface area contributed by atoms with E-state index in [1.807, 2.05) is 0 Å². The van der Waals surface area contributed by atoms with Crippen LogP contribution < -0.4 is 5.32 Å². The van der Waals surface area contributed by atoms with Crippen LogP contribution in [0, 0.1) is 5.82 Å². The summed E-state index contributed by atoms with van der Waals surface area (Å²) in [5, 5.41) is 2.25. The molecule has 2 rings (SSSR count). The second kappa shape index (κ2) is 8.02. The standard InChI is InChI=1S/C16H12BrF4NOS/c17-11-6-5-10(13(18)7-11)8-24-9-15(23)22-14-4-2-1-3-12(14)16(19,20)21/h1-7H,8-9H2,(H,22,23). The number of hydrogen-bond acceptors (Lipinski definition) is 2. The van der Waals surface area contributed by atoms with Crippen LogP contribution in [0.5, 0.6) is 0 Å². The molecule has 0 spiro atoms. The van der Waals surface area contributed by atoms with Gasteiger partial charge in [-0.3, -0.25) is 4.79 Å². The van der Waals surface area contributed by atoms with Crippen molar-refractivity contribution in [2.75, 3.05) is 11.1 Å². The molecule has 0 saturated carbocycles. The van der Waals surface area contributed by atoms with Gasteiger partial charge in [0.05, 0.1) is 17.0 Å². The first-order valence-electron chi connectivity index (χ1n) is 6.75. The lowest BCUT2D eigenvalue weighted by Crippen LogP contribution is -2.18. The van der Waals surface area contributed by atoms with Gasteiger partial charge in [-0.2, -0.15) is 13.2 Å². The lowest BCUT2D eigenvalue weighted by Gasteiger charge is -2.13. The molecule has 24 heavy (non-hydrogen) atoms. The minimum atomic E-state index is -4.54. The maximum Gasteiger partial charge on any atom is 0.418 e. The maximum absolute atomic E-state index is 13.6.